The number of aryl methyl sites for hydroxylation is 2. The van der Waals surface area contributed by atoms with Gasteiger partial charge in [0.15, 0.2) is 5.60 Å². The van der Waals surface area contributed by atoms with Gasteiger partial charge in [-0.15, -0.1) is 0 Å². The number of carbonyl (C=O) groups excluding carboxylic acids is 1. The molecule has 2 N–H and O–H groups in total. The van der Waals surface area contributed by atoms with E-state index in [1.807, 2.05) is 36.4 Å². The van der Waals surface area contributed by atoms with Gasteiger partial charge in [-0.2, -0.15) is 0 Å². The Morgan fingerprint density at radius 2 is 1.76 bits per heavy atom. The van der Waals surface area contributed by atoms with Crippen LogP contribution < -0.4 is 9.62 Å². The zero-order valence-electron chi connectivity index (χ0n) is 19.3. The molecule has 34 heavy (non-hydrogen) atoms. The van der Waals surface area contributed by atoms with E-state index in [0.29, 0.717) is 36.8 Å². The van der Waals surface area contributed by atoms with Crippen molar-refractivity contribution < 1.29 is 14.6 Å². The normalized spacial score (nSPS) is 15.1. The maximum atomic E-state index is 11.8. The Balaban J connectivity index is 1.46. The number of benzene rings is 1. The highest BCUT2D eigenvalue weighted by Gasteiger charge is 2.40. The zero-order chi connectivity index (χ0) is 24.3. The zero-order valence-corrected chi connectivity index (χ0v) is 20.9. The summed E-state index contributed by atoms with van der Waals surface area (Å²) in [6.07, 6.45) is 0.597. The standard InChI is InChI=1S/C25H27ClN4O3S/c1-16-6-4-7-17(2)22(16)23-18(26)10-11-19(27-23)29-34-21-9-5-8-20(28-21)30-14-12-25(32,13-15-30)24(31)33-3/h4-11,32H,12-15H2,1-3H3,(H,27,29). The fourth-order valence-electron chi connectivity index (χ4n) is 4.10. The molecule has 3 aromatic rings. The fraction of sp³-hybridized carbons (Fsp3) is 0.320. The monoisotopic (exact) mass is 498 g/mol. The highest BCUT2D eigenvalue weighted by molar-refractivity contribution is 8.00. The number of pyridine rings is 2. The predicted molar refractivity (Wildman–Crippen MR) is 136 cm³/mol. The van der Waals surface area contributed by atoms with Crippen molar-refractivity contribution in [2.45, 2.75) is 37.3 Å². The van der Waals surface area contributed by atoms with Gasteiger partial charge in [0.25, 0.3) is 0 Å². The van der Waals surface area contributed by atoms with E-state index >= 15 is 0 Å². The van der Waals surface area contributed by atoms with Crippen molar-refractivity contribution in [3.05, 3.63) is 64.7 Å². The van der Waals surface area contributed by atoms with Crippen molar-refractivity contribution >= 4 is 41.2 Å². The van der Waals surface area contributed by atoms with Crippen LogP contribution in [0.5, 0.6) is 0 Å². The summed E-state index contributed by atoms with van der Waals surface area (Å²) in [6.45, 7) is 5.13. The largest absolute Gasteiger partial charge is 0.467 e. The molecular weight excluding hydrogens is 472 g/mol. The molecule has 4 rings (SSSR count). The number of hydrogen-bond acceptors (Lipinski definition) is 8. The number of nitrogens with one attached hydrogen (secondary N) is 1. The summed E-state index contributed by atoms with van der Waals surface area (Å²) in [6, 6.07) is 15.6. The van der Waals surface area contributed by atoms with Crippen molar-refractivity contribution in [1.29, 1.82) is 0 Å². The lowest BCUT2D eigenvalue weighted by Crippen LogP contribution is -2.50. The number of ether oxygens (including phenoxy) is 1. The molecule has 1 fully saturated rings. The average molecular weight is 499 g/mol. The molecule has 0 bridgehead atoms. The van der Waals surface area contributed by atoms with Gasteiger partial charge in [-0.1, -0.05) is 35.9 Å². The Hall–Kier alpha value is -2.81. The molecule has 0 unspecified atom stereocenters. The third-order valence-electron chi connectivity index (χ3n) is 6.01. The van der Waals surface area contributed by atoms with E-state index in [0.717, 1.165) is 33.2 Å². The minimum Gasteiger partial charge on any atom is -0.467 e. The van der Waals surface area contributed by atoms with Crippen LogP contribution in [0.15, 0.2) is 53.6 Å². The molecule has 7 nitrogen and oxygen atoms in total. The lowest BCUT2D eigenvalue weighted by Gasteiger charge is -2.36. The molecule has 1 aromatic carbocycles. The van der Waals surface area contributed by atoms with E-state index < -0.39 is 11.6 Å². The number of halogens is 1. The van der Waals surface area contributed by atoms with Gasteiger partial charge in [0.1, 0.15) is 16.7 Å². The van der Waals surface area contributed by atoms with Crippen molar-refractivity contribution in [2.24, 2.45) is 0 Å². The van der Waals surface area contributed by atoms with Gasteiger partial charge in [0.2, 0.25) is 0 Å². The summed E-state index contributed by atoms with van der Waals surface area (Å²) in [5.41, 5.74) is 2.60. The van der Waals surface area contributed by atoms with E-state index in [9.17, 15) is 9.90 Å². The summed E-state index contributed by atoms with van der Waals surface area (Å²) in [5.74, 6) is 0.892. The number of esters is 1. The van der Waals surface area contributed by atoms with Crippen LogP contribution in [0, 0.1) is 13.8 Å². The van der Waals surface area contributed by atoms with Crippen LogP contribution in [0.3, 0.4) is 0 Å². The Morgan fingerprint density at radius 3 is 2.44 bits per heavy atom. The van der Waals surface area contributed by atoms with E-state index in [-0.39, 0.29) is 0 Å². The van der Waals surface area contributed by atoms with E-state index in [1.165, 1.54) is 19.1 Å². The average Bonchev–Trinajstić information content (AvgIpc) is 2.84. The van der Waals surface area contributed by atoms with Crippen molar-refractivity contribution in [2.75, 3.05) is 29.8 Å². The maximum Gasteiger partial charge on any atom is 0.337 e. The molecule has 178 valence electrons. The van der Waals surface area contributed by atoms with Crippen LogP contribution in [0.1, 0.15) is 24.0 Å². The quantitative estimate of drug-likeness (QED) is 0.361. The summed E-state index contributed by atoms with van der Waals surface area (Å²) < 4.78 is 8.00. The summed E-state index contributed by atoms with van der Waals surface area (Å²) in [4.78, 5) is 23.4. The first-order valence-electron chi connectivity index (χ1n) is 11.0. The topological polar surface area (TPSA) is 87.6 Å². The molecule has 0 atom stereocenters. The molecule has 0 amide bonds. The number of rotatable bonds is 6. The summed E-state index contributed by atoms with van der Waals surface area (Å²) in [7, 11) is 1.29. The molecule has 0 aliphatic carbocycles. The van der Waals surface area contributed by atoms with Gasteiger partial charge >= 0.3 is 5.97 Å². The third-order valence-corrected chi connectivity index (χ3v) is 7.07. The number of aliphatic hydroxyl groups is 1. The van der Waals surface area contributed by atoms with Crippen LogP contribution in [-0.2, 0) is 9.53 Å². The molecule has 0 saturated carbocycles. The molecule has 1 aliphatic rings. The van der Waals surface area contributed by atoms with Crippen LogP contribution in [-0.4, -0.2) is 46.8 Å². The highest BCUT2D eigenvalue weighted by Crippen LogP contribution is 2.33. The van der Waals surface area contributed by atoms with Gasteiger partial charge in [-0.25, -0.2) is 14.8 Å². The molecule has 1 aliphatic heterocycles. The predicted octanol–water partition coefficient (Wildman–Crippen LogP) is 5.04. The molecule has 3 heterocycles. The number of nitrogens with zero attached hydrogens (tertiary/aromatic N) is 3. The number of methoxy groups -OCH3 is 1. The first kappa shape index (κ1) is 24.3. The van der Waals surface area contributed by atoms with Crippen LogP contribution in [0.25, 0.3) is 11.3 Å². The van der Waals surface area contributed by atoms with E-state index in [4.69, 9.17) is 26.3 Å². The van der Waals surface area contributed by atoms with Crippen molar-refractivity contribution in [3.63, 3.8) is 0 Å². The third kappa shape index (κ3) is 5.14. The van der Waals surface area contributed by atoms with Gasteiger partial charge in [0, 0.05) is 43.4 Å². The lowest BCUT2D eigenvalue weighted by molar-refractivity contribution is -0.164. The Morgan fingerprint density at radius 1 is 1.09 bits per heavy atom. The van der Waals surface area contributed by atoms with E-state index in [2.05, 4.69) is 35.6 Å². The second-order valence-electron chi connectivity index (χ2n) is 8.34. The smallest absolute Gasteiger partial charge is 0.337 e. The number of aromatic nitrogens is 2. The SMILES string of the molecule is COC(=O)C1(O)CCN(c2cccc(SNc3ccc(Cl)c(-c4c(C)cccc4C)n3)n2)CC1. The Kier molecular flexibility index (Phi) is 7.30. The summed E-state index contributed by atoms with van der Waals surface area (Å²) in [5, 5.41) is 11.9. The number of carbonyl (C=O) groups is 1. The molecule has 0 spiro atoms. The summed E-state index contributed by atoms with van der Waals surface area (Å²) >= 11 is 7.85. The number of anilines is 2. The van der Waals surface area contributed by atoms with Gasteiger partial charge in [-0.3, -0.25) is 0 Å². The Bertz CT molecular complexity index is 1180. The van der Waals surface area contributed by atoms with Gasteiger partial charge in [0.05, 0.1) is 17.8 Å². The minimum absolute atomic E-state index is 0.298. The highest BCUT2D eigenvalue weighted by atomic mass is 35.5. The molecule has 0 radical (unpaired) electrons. The second-order valence-corrected chi connectivity index (χ2v) is 9.58. The van der Waals surface area contributed by atoms with Crippen LogP contribution in [0.2, 0.25) is 5.02 Å². The van der Waals surface area contributed by atoms with Crippen molar-refractivity contribution in [3.8, 4) is 11.3 Å². The molecule has 1 saturated heterocycles. The molecular formula is C25H27ClN4O3S. The van der Waals surface area contributed by atoms with Gasteiger partial charge < -0.3 is 19.5 Å². The van der Waals surface area contributed by atoms with Crippen LogP contribution in [0.4, 0.5) is 11.6 Å². The molecule has 2 aromatic heterocycles. The molecule has 9 heteroatoms. The fourth-order valence-corrected chi connectivity index (χ4v) is 4.91. The maximum absolute atomic E-state index is 11.8. The first-order valence-corrected chi connectivity index (χ1v) is 12.2. The van der Waals surface area contributed by atoms with Gasteiger partial charge in [-0.05, 0) is 49.2 Å². The number of piperidine rings is 1. The minimum atomic E-state index is -1.42. The van der Waals surface area contributed by atoms with Crippen LogP contribution >= 0.6 is 23.5 Å². The van der Waals surface area contributed by atoms with E-state index in [1.54, 1.807) is 0 Å². The van der Waals surface area contributed by atoms with Crippen molar-refractivity contribution in [1.82, 2.24) is 9.97 Å². The first-order chi connectivity index (χ1) is 16.3. The second kappa shape index (κ2) is 10.2. The number of hydrogen-bond donors (Lipinski definition) is 2. The Labute approximate surface area is 208 Å². The lowest BCUT2D eigenvalue weighted by atomic mass is 9.91.